The summed E-state index contributed by atoms with van der Waals surface area (Å²) in [7, 11) is 0.990. The van der Waals surface area contributed by atoms with Crippen LogP contribution >= 0.6 is 0 Å². The molecule has 0 bridgehead atoms. The van der Waals surface area contributed by atoms with E-state index in [1.165, 1.54) is 12.1 Å². The fourth-order valence-electron chi connectivity index (χ4n) is 1.56. The smallest absolute Gasteiger partial charge is 0.141 e. The second-order valence-electron chi connectivity index (χ2n) is 5.14. The lowest BCUT2D eigenvalue weighted by atomic mass is 10.3. The molecule has 1 rings (SSSR count). The van der Waals surface area contributed by atoms with Crippen molar-refractivity contribution in [3.63, 3.8) is 0 Å². The number of aryl methyl sites for hydroxylation is 2. The van der Waals surface area contributed by atoms with Crippen LogP contribution in [0.25, 0.3) is 0 Å². The molecule has 0 atom stereocenters. The van der Waals surface area contributed by atoms with Crippen molar-refractivity contribution in [2.75, 3.05) is 0 Å². The maximum atomic E-state index is 4.48. The number of nitrogens with zero attached hydrogens (tertiary/aromatic N) is 3. The summed E-state index contributed by atoms with van der Waals surface area (Å²) in [4.78, 5) is 0. The maximum Gasteiger partial charge on any atom is 0.167 e. The van der Waals surface area contributed by atoms with Crippen LogP contribution in [0.15, 0.2) is 6.20 Å². The fraction of sp³-hybridized carbons (Fsp3) is 0.800. The largest absolute Gasteiger partial charge is 0.167 e. The quantitative estimate of drug-likeness (QED) is 0.548. The van der Waals surface area contributed by atoms with Crippen LogP contribution in [-0.2, 0) is 19.6 Å². The van der Waals surface area contributed by atoms with Crippen LogP contribution in [0, 0.1) is 0 Å². The second-order valence-corrected chi connectivity index (χ2v) is 10.6. The van der Waals surface area contributed by atoms with Gasteiger partial charge in [0.05, 0.1) is 13.3 Å². The molecule has 0 aliphatic heterocycles. The van der Waals surface area contributed by atoms with E-state index in [9.17, 15) is 0 Å². The lowest BCUT2D eigenvalue weighted by Gasteiger charge is -2.09. The van der Waals surface area contributed by atoms with Gasteiger partial charge in [-0.2, -0.15) is 0 Å². The molecule has 1 aromatic heterocycles. The molecular weight excluding hydrogens is 190 g/mol. The number of hydrogen-bond acceptors (Lipinski definition) is 1. The van der Waals surface area contributed by atoms with Crippen molar-refractivity contribution < 1.29 is 4.68 Å². The Balaban J connectivity index is 2.75. The molecule has 4 heteroatoms. The van der Waals surface area contributed by atoms with Gasteiger partial charge in [0.25, 0.3) is 0 Å². The standard InChI is InChI=1S/C10H22N3Si/c1-6-7-10-8-13(11-12(10)2)9-14(3,4)5/h8H,6-7,9H2,1-5H3/q+1. The van der Waals surface area contributed by atoms with E-state index in [2.05, 4.69) is 42.7 Å². The van der Waals surface area contributed by atoms with Gasteiger partial charge in [0, 0.05) is 6.42 Å². The van der Waals surface area contributed by atoms with Crippen LogP contribution in [-0.4, -0.2) is 18.0 Å². The zero-order valence-corrected chi connectivity index (χ0v) is 11.0. The molecule has 0 saturated heterocycles. The third kappa shape index (κ3) is 3.25. The minimum Gasteiger partial charge on any atom is -0.141 e. The van der Waals surface area contributed by atoms with Crippen molar-refractivity contribution in [3.8, 4) is 0 Å². The summed E-state index contributed by atoms with van der Waals surface area (Å²) in [6, 6.07) is 0. The average molecular weight is 212 g/mol. The van der Waals surface area contributed by atoms with E-state index >= 15 is 0 Å². The van der Waals surface area contributed by atoms with Crippen molar-refractivity contribution in [2.24, 2.45) is 7.05 Å². The van der Waals surface area contributed by atoms with E-state index in [1.807, 2.05) is 11.7 Å². The highest BCUT2D eigenvalue weighted by atomic mass is 28.3. The summed E-state index contributed by atoms with van der Waals surface area (Å²) in [5, 5.41) is 4.48. The molecule has 1 heterocycles. The van der Waals surface area contributed by atoms with E-state index in [0.29, 0.717) is 0 Å². The van der Waals surface area contributed by atoms with E-state index in [0.717, 1.165) is 12.6 Å². The van der Waals surface area contributed by atoms with Gasteiger partial charge in [0.2, 0.25) is 0 Å². The first-order valence-electron chi connectivity index (χ1n) is 5.35. The van der Waals surface area contributed by atoms with Gasteiger partial charge in [-0.05, 0) is 6.42 Å². The average Bonchev–Trinajstić information content (AvgIpc) is 2.28. The van der Waals surface area contributed by atoms with E-state index < -0.39 is 8.07 Å². The monoisotopic (exact) mass is 212 g/mol. The summed E-state index contributed by atoms with van der Waals surface area (Å²) in [6.07, 6.45) is 5.63. The topological polar surface area (TPSA) is 21.7 Å². The van der Waals surface area contributed by atoms with Crippen LogP contribution in [0.4, 0.5) is 0 Å². The molecule has 0 radical (unpaired) electrons. The zero-order valence-electron chi connectivity index (χ0n) is 10.0. The highest BCUT2D eigenvalue weighted by Crippen LogP contribution is 2.01. The molecule has 3 nitrogen and oxygen atoms in total. The third-order valence-electron chi connectivity index (χ3n) is 2.11. The number of rotatable bonds is 4. The Kier molecular flexibility index (Phi) is 3.47. The van der Waals surface area contributed by atoms with Crippen molar-refractivity contribution in [1.29, 1.82) is 0 Å². The summed E-state index contributed by atoms with van der Waals surface area (Å²) in [5.41, 5.74) is 1.34. The summed E-state index contributed by atoms with van der Waals surface area (Å²) in [5.74, 6) is 0. The highest BCUT2D eigenvalue weighted by molar-refractivity contribution is 6.74. The highest BCUT2D eigenvalue weighted by Gasteiger charge is 2.20. The summed E-state index contributed by atoms with van der Waals surface area (Å²) >= 11 is 0. The molecule has 0 spiro atoms. The predicted molar refractivity (Wildman–Crippen MR) is 60.7 cm³/mol. The molecule has 0 aliphatic carbocycles. The normalized spacial score (nSPS) is 12.1. The molecule has 1 aromatic rings. The molecule has 0 N–H and O–H groups in total. The van der Waals surface area contributed by atoms with Gasteiger partial charge in [-0.3, -0.25) is 0 Å². The summed E-state index contributed by atoms with van der Waals surface area (Å²) in [6.45, 7) is 9.31. The summed E-state index contributed by atoms with van der Waals surface area (Å²) < 4.78 is 4.11. The number of hydrogen-bond donors (Lipinski definition) is 0. The molecule has 80 valence electrons. The molecule has 0 unspecified atom stereocenters. The van der Waals surface area contributed by atoms with Gasteiger partial charge < -0.3 is 0 Å². The molecule has 0 aromatic carbocycles. The molecular formula is C10H22N3Si+. The van der Waals surface area contributed by atoms with Gasteiger partial charge in [0.15, 0.2) is 11.9 Å². The Morgan fingerprint density at radius 3 is 2.57 bits per heavy atom. The fourth-order valence-corrected chi connectivity index (χ4v) is 2.68. The Bertz CT molecular complexity index is 299. The Hall–Kier alpha value is -0.643. The van der Waals surface area contributed by atoms with Gasteiger partial charge in [-0.15, -0.1) is 9.36 Å². The predicted octanol–water partition coefficient (Wildman–Crippen LogP) is 1.54. The molecule has 0 amide bonds. The molecule has 0 aliphatic rings. The second kappa shape index (κ2) is 4.25. The molecule has 14 heavy (non-hydrogen) atoms. The van der Waals surface area contributed by atoms with Crippen molar-refractivity contribution in [2.45, 2.75) is 45.6 Å². The molecule has 0 fully saturated rings. The zero-order chi connectivity index (χ0) is 10.8. The third-order valence-corrected chi connectivity index (χ3v) is 3.38. The van der Waals surface area contributed by atoms with Gasteiger partial charge >= 0.3 is 0 Å². The maximum absolute atomic E-state index is 4.48. The van der Waals surface area contributed by atoms with Crippen LogP contribution in [0.3, 0.4) is 0 Å². The van der Waals surface area contributed by atoms with Crippen LogP contribution in [0.5, 0.6) is 0 Å². The number of aromatic nitrogens is 3. The lowest BCUT2D eigenvalue weighted by molar-refractivity contribution is -0.740. The van der Waals surface area contributed by atoms with Gasteiger partial charge in [-0.1, -0.05) is 26.6 Å². The first-order chi connectivity index (χ1) is 6.42. The van der Waals surface area contributed by atoms with Crippen molar-refractivity contribution in [3.05, 3.63) is 11.9 Å². The van der Waals surface area contributed by atoms with Crippen LogP contribution in [0.2, 0.25) is 19.6 Å². The van der Waals surface area contributed by atoms with Crippen molar-refractivity contribution in [1.82, 2.24) is 9.90 Å². The minimum absolute atomic E-state index is 1.04. The minimum atomic E-state index is -1.04. The SMILES string of the molecule is CCCc1c[n+](C[Si](C)(C)C)nn1C. The van der Waals surface area contributed by atoms with Crippen LogP contribution < -0.4 is 4.68 Å². The van der Waals surface area contributed by atoms with Gasteiger partial charge in [0.1, 0.15) is 13.2 Å². The van der Waals surface area contributed by atoms with E-state index in [-0.39, 0.29) is 0 Å². The van der Waals surface area contributed by atoms with Crippen LogP contribution in [0.1, 0.15) is 19.0 Å². The first-order valence-corrected chi connectivity index (χ1v) is 9.06. The lowest BCUT2D eigenvalue weighted by Crippen LogP contribution is -2.47. The Labute approximate surface area is 87.7 Å². The Morgan fingerprint density at radius 2 is 2.07 bits per heavy atom. The van der Waals surface area contributed by atoms with E-state index in [4.69, 9.17) is 0 Å². The van der Waals surface area contributed by atoms with E-state index in [1.54, 1.807) is 0 Å². The molecule has 0 saturated carbocycles. The van der Waals surface area contributed by atoms with Gasteiger partial charge in [-0.25, -0.2) is 0 Å². The van der Waals surface area contributed by atoms with Crippen molar-refractivity contribution >= 4 is 8.07 Å². The Morgan fingerprint density at radius 1 is 1.43 bits per heavy atom. The first kappa shape index (κ1) is 11.4.